The molecule has 0 aliphatic carbocycles. The van der Waals surface area contributed by atoms with Crippen molar-refractivity contribution in [3.05, 3.63) is 35.6 Å². The predicted molar refractivity (Wildman–Crippen MR) is 73.1 cm³/mol. The lowest BCUT2D eigenvalue weighted by Crippen LogP contribution is -2.40. The van der Waals surface area contributed by atoms with Crippen molar-refractivity contribution in [3.63, 3.8) is 0 Å². The van der Waals surface area contributed by atoms with Gasteiger partial charge in [-0.1, -0.05) is 12.1 Å². The molecule has 1 fully saturated rings. The van der Waals surface area contributed by atoms with Gasteiger partial charge in [-0.15, -0.1) is 0 Å². The zero-order valence-corrected chi connectivity index (χ0v) is 11.4. The fourth-order valence-electron chi connectivity index (χ4n) is 2.57. The Bertz CT molecular complexity index is 428. The minimum Gasteiger partial charge on any atom is -0.356 e. The number of nitrogens with zero attached hydrogens (tertiary/aromatic N) is 1. The van der Waals surface area contributed by atoms with Gasteiger partial charge in [0.2, 0.25) is 5.91 Å². The summed E-state index contributed by atoms with van der Waals surface area (Å²) in [4.78, 5) is 14.0. The Balaban J connectivity index is 1.82. The first-order chi connectivity index (χ1) is 9.19. The van der Waals surface area contributed by atoms with Gasteiger partial charge in [0.25, 0.3) is 0 Å². The van der Waals surface area contributed by atoms with Gasteiger partial charge < -0.3 is 5.32 Å². The van der Waals surface area contributed by atoms with Crippen LogP contribution in [-0.4, -0.2) is 30.4 Å². The third-order valence-corrected chi connectivity index (χ3v) is 3.60. The molecule has 2 rings (SSSR count). The molecular weight excluding hydrogens is 243 g/mol. The molecule has 3 nitrogen and oxygen atoms in total. The van der Waals surface area contributed by atoms with E-state index in [0.717, 1.165) is 38.0 Å². The lowest BCUT2D eigenvalue weighted by molar-refractivity contribution is -0.126. The molecule has 1 saturated heterocycles. The monoisotopic (exact) mass is 264 g/mol. The Kier molecular flexibility index (Phi) is 4.91. The van der Waals surface area contributed by atoms with Crippen molar-refractivity contribution in [2.75, 3.05) is 19.6 Å². The number of carbonyl (C=O) groups excluding carboxylic acids is 1. The van der Waals surface area contributed by atoms with Gasteiger partial charge in [-0.25, -0.2) is 4.39 Å². The maximum absolute atomic E-state index is 13.1. The van der Waals surface area contributed by atoms with Crippen molar-refractivity contribution < 1.29 is 9.18 Å². The molecule has 0 spiro atoms. The fraction of sp³-hybridized carbons (Fsp3) is 0.533. The normalized spacial score (nSPS) is 17.4. The average Bonchev–Trinajstić information content (AvgIpc) is 2.40. The second kappa shape index (κ2) is 6.66. The van der Waals surface area contributed by atoms with E-state index in [0.29, 0.717) is 6.54 Å². The first kappa shape index (κ1) is 14.0. The topological polar surface area (TPSA) is 32.3 Å². The highest BCUT2D eigenvalue weighted by Crippen LogP contribution is 2.19. The van der Waals surface area contributed by atoms with Gasteiger partial charge in [0.1, 0.15) is 5.82 Å². The maximum atomic E-state index is 13.1. The third-order valence-electron chi connectivity index (χ3n) is 3.60. The van der Waals surface area contributed by atoms with Crippen molar-refractivity contribution in [1.29, 1.82) is 0 Å². The Labute approximate surface area is 113 Å². The second-order valence-electron chi connectivity index (χ2n) is 5.07. The number of hydrogen-bond acceptors (Lipinski definition) is 2. The third kappa shape index (κ3) is 4.03. The van der Waals surface area contributed by atoms with E-state index >= 15 is 0 Å². The van der Waals surface area contributed by atoms with Crippen LogP contribution in [-0.2, 0) is 11.3 Å². The number of carbonyl (C=O) groups is 1. The standard InChI is InChI=1S/C15H21FN2O/c1-2-17-15(19)13-6-8-18(9-7-13)11-12-4-3-5-14(16)10-12/h3-5,10,13H,2,6-9,11H2,1H3,(H,17,19). The average molecular weight is 264 g/mol. The van der Waals surface area contributed by atoms with E-state index in [1.807, 2.05) is 13.0 Å². The van der Waals surface area contributed by atoms with Crippen LogP contribution in [0.4, 0.5) is 4.39 Å². The molecule has 4 heteroatoms. The molecule has 0 bridgehead atoms. The quantitative estimate of drug-likeness (QED) is 0.904. The van der Waals surface area contributed by atoms with Crippen LogP contribution in [0.3, 0.4) is 0 Å². The van der Waals surface area contributed by atoms with E-state index in [2.05, 4.69) is 10.2 Å². The van der Waals surface area contributed by atoms with Gasteiger partial charge in [-0.2, -0.15) is 0 Å². The smallest absolute Gasteiger partial charge is 0.223 e. The molecule has 1 aliphatic heterocycles. The molecule has 19 heavy (non-hydrogen) atoms. The van der Waals surface area contributed by atoms with Gasteiger partial charge in [0.05, 0.1) is 0 Å². The molecular formula is C15H21FN2O. The molecule has 1 aliphatic rings. The van der Waals surface area contributed by atoms with Gasteiger partial charge in [-0.05, 0) is 50.6 Å². The molecule has 1 amide bonds. The largest absolute Gasteiger partial charge is 0.356 e. The summed E-state index contributed by atoms with van der Waals surface area (Å²) >= 11 is 0. The number of piperidine rings is 1. The predicted octanol–water partition coefficient (Wildman–Crippen LogP) is 2.17. The van der Waals surface area contributed by atoms with Crippen LogP contribution >= 0.6 is 0 Å². The van der Waals surface area contributed by atoms with Crippen molar-refractivity contribution >= 4 is 5.91 Å². The van der Waals surface area contributed by atoms with E-state index in [9.17, 15) is 9.18 Å². The summed E-state index contributed by atoms with van der Waals surface area (Å²) in [6.07, 6.45) is 1.78. The van der Waals surface area contributed by atoms with Gasteiger partial charge in [0, 0.05) is 19.0 Å². The van der Waals surface area contributed by atoms with E-state index in [1.54, 1.807) is 12.1 Å². The number of halogens is 1. The molecule has 1 aromatic rings. The molecule has 1 heterocycles. The van der Waals surface area contributed by atoms with Crippen LogP contribution in [0.5, 0.6) is 0 Å². The van der Waals surface area contributed by atoms with E-state index in [4.69, 9.17) is 0 Å². The second-order valence-corrected chi connectivity index (χ2v) is 5.07. The molecule has 0 atom stereocenters. The number of benzene rings is 1. The highest BCUT2D eigenvalue weighted by molar-refractivity contribution is 5.78. The van der Waals surface area contributed by atoms with Crippen LogP contribution in [0.15, 0.2) is 24.3 Å². The highest BCUT2D eigenvalue weighted by atomic mass is 19.1. The SMILES string of the molecule is CCNC(=O)C1CCN(Cc2cccc(F)c2)CC1. The highest BCUT2D eigenvalue weighted by Gasteiger charge is 2.24. The van der Waals surface area contributed by atoms with Gasteiger partial charge >= 0.3 is 0 Å². The number of nitrogens with one attached hydrogen (secondary N) is 1. The van der Waals surface area contributed by atoms with Crippen molar-refractivity contribution in [3.8, 4) is 0 Å². The minimum absolute atomic E-state index is 0.142. The minimum atomic E-state index is -0.185. The summed E-state index contributed by atoms with van der Waals surface area (Å²) in [6, 6.07) is 6.73. The number of likely N-dealkylation sites (tertiary alicyclic amines) is 1. The Morgan fingerprint density at radius 1 is 1.42 bits per heavy atom. The molecule has 104 valence electrons. The lowest BCUT2D eigenvalue weighted by Gasteiger charge is -2.31. The first-order valence-electron chi connectivity index (χ1n) is 6.93. The van der Waals surface area contributed by atoms with Crippen molar-refractivity contribution in [2.45, 2.75) is 26.3 Å². The summed E-state index contributed by atoms with van der Waals surface area (Å²) in [5.41, 5.74) is 0.997. The van der Waals surface area contributed by atoms with E-state index < -0.39 is 0 Å². The first-order valence-corrected chi connectivity index (χ1v) is 6.93. The van der Waals surface area contributed by atoms with Crippen LogP contribution in [0.1, 0.15) is 25.3 Å². The molecule has 1 N–H and O–H groups in total. The number of amides is 1. The lowest BCUT2D eigenvalue weighted by atomic mass is 9.95. The summed E-state index contributed by atoms with van der Waals surface area (Å²) in [5, 5.41) is 2.88. The van der Waals surface area contributed by atoms with Crippen molar-refractivity contribution in [2.24, 2.45) is 5.92 Å². The maximum Gasteiger partial charge on any atom is 0.223 e. The van der Waals surface area contributed by atoms with E-state index in [1.165, 1.54) is 6.07 Å². The molecule has 1 aromatic carbocycles. The number of hydrogen-bond donors (Lipinski definition) is 1. The van der Waals surface area contributed by atoms with Crippen LogP contribution in [0.25, 0.3) is 0 Å². The van der Waals surface area contributed by atoms with Gasteiger partial charge in [0.15, 0.2) is 0 Å². The van der Waals surface area contributed by atoms with Crippen LogP contribution in [0.2, 0.25) is 0 Å². The zero-order chi connectivity index (χ0) is 13.7. The van der Waals surface area contributed by atoms with Crippen LogP contribution < -0.4 is 5.32 Å². The molecule has 0 aromatic heterocycles. The summed E-state index contributed by atoms with van der Waals surface area (Å²) in [6.45, 7) is 5.20. The van der Waals surface area contributed by atoms with Crippen LogP contribution in [0, 0.1) is 11.7 Å². The Morgan fingerprint density at radius 2 is 2.16 bits per heavy atom. The van der Waals surface area contributed by atoms with Gasteiger partial charge in [-0.3, -0.25) is 9.69 Å². The summed E-state index contributed by atoms with van der Waals surface area (Å²) in [7, 11) is 0. The summed E-state index contributed by atoms with van der Waals surface area (Å²) < 4.78 is 13.1. The Morgan fingerprint density at radius 3 is 2.79 bits per heavy atom. The molecule has 0 saturated carbocycles. The van der Waals surface area contributed by atoms with E-state index in [-0.39, 0.29) is 17.6 Å². The zero-order valence-electron chi connectivity index (χ0n) is 11.4. The fourth-order valence-corrected chi connectivity index (χ4v) is 2.57. The molecule has 0 radical (unpaired) electrons. The van der Waals surface area contributed by atoms with Crippen molar-refractivity contribution in [1.82, 2.24) is 10.2 Å². The molecule has 0 unspecified atom stereocenters. The number of rotatable bonds is 4. The summed E-state index contributed by atoms with van der Waals surface area (Å²) in [5.74, 6) is 0.131. The Hall–Kier alpha value is -1.42.